The van der Waals surface area contributed by atoms with Gasteiger partial charge in [-0.1, -0.05) is 60.1 Å². The third kappa shape index (κ3) is 5.56. The number of urea groups is 1. The topological polar surface area (TPSA) is 119 Å². The molecule has 5 rings (SSSR count). The Labute approximate surface area is 245 Å². The Morgan fingerprint density at radius 2 is 1.43 bits per heavy atom. The third-order valence-electron chi connectivity index (χ3n) is 6.35. The maximum atomic E-state index is 13.6. The number of carbonyl (C=O) groups excluding carboxylic acids is 3. The number of nitro groups is 1. The highest BCUT2D eigenvalue weighted by molar-refractivity contribution is 6.46. The van der Waals surface area contributed by atoms with Gasteiger partial charge in [-0.05, 0) is 53.6 Å². The van der Waals surface area contributed by atoms with E-state index in [0.29, 0.717) is 22.5 Å². The summed E-state index contributed by atoms with van der Waals surface area (Å²) in [6.45, 7) is -0.0324. The van der Waals surface area contributed by atoms with Crippen LogP contribution in [-0.4, -0.2) is 29.9 Å². The van der Waals surface area contributed by atoms with Crippen LogP contribution in [0, 0.1) is 10.1 Å². The van der Waals surface area contributed by atoms with Crippen molar-refractivity contribution in [2.45, 2.75) is 6.61 Å². The summed E-state index contributed by atoms with van der Waals surface area (Å²) >= 11 is 6.54. The molecule has 1 saturated heterocycles. The van der Waals surface area contributed by atoms with Crippen LogP contribution in [0.2, 0.25) is 5.02 Å². The van der Waals surface area contributed by atoms with E-state index in [1.165, 1.54) is 37.5 Å². The molecule has 1 aliphatic heterocycles. The number of non-ortho nitro benzene ring substituents is 1. The average molecular weight is 584 g/mol. The zero-order valence-electron chi connectivity index (χ0n) is 22.1. The van der Waals surface area contributed by atoms with Crippen LogP contribution >= 0.6 is 11.6 Å². The van der Waals surface area contributed by atoms with Gasteiger partial charge < -0.3 is 9.47 Å². The fourth-order valence-electron chi connectivity index (χ4n) is 4.38. The molecule has 0 aromatic heterocycles. The van der Waals surface area contributed by atoms with Crippen molar-refractivity contribution in [3.05, 3.63) is 129 Å². The van der Waals surface area contributed by atoms with E-state index in [-0.39, 0.29) is 34.4 Å². The number of nitro benzene ring substituents is 1. The predicted molar refractivity (Wildman–Crippen MR) is 157 cm³/mol. The van der Waals surface area contributed by atoms with Crippen molar-refractivity contribution >= 4 is 52.6 Å². The predicted octanol–water partition coefficient (Wildman–Crippen LogP) is 6.42. The van der Waals surface area contributed by atoms with Gasteiger partial charge in [0.2, 0.25) is 0 Å². The molecule has 10 nitrogen and oxygen atoms in total. The second kappa shape index (κ2) is 11.9. The summed E-state index contributed by atoms with van der Waals surface area (Å²) in [6, 6.07) is 24.8. The average Bonchev–Trinajstić information content (AvgIpc) is 2.99. The largest absolute Gasteiger partial charge is 0.493 e. The monoisotopic (exact) mass is 583 g/mol. The van der Waals surface area contributed by atoms with Crippen LogP contribution in [0.15, 0.2) is 103 Å². The zero-order valence-corrected chi connectivity index (χ0v) is 22.9. The molecule has 0 aliphatic carbocycles. The lowest BCUT2D eigenvalue weighted by atomic mass is 10.0. The maximum Gasteiger partial charge on any atom is 0.343 e. The van der Waals surface area contributed by atoms with E-state index in [9.17, 15) is 24.5 Å². The van der Waals surface area contributed by atoms with Gasteiger partial charge in [-0.3, -0.25) is 19.7 Å². The van der Waals surface area contributed by atoms with Gasteiger partial charge >= 0.3 is 6.03 Å². The molecule has 4 aromatic rings. The molecule has 210 valence electrons. The van der Waals surface area contributed by atoms with Gasteiger partial charge in [0, 0.05) is 12.1 Å². The smallest absolute Gasteiger partial charge is 0.343 e. The number of nitrogens with zero attached hydrogens (tertiary/aromatic N) is 3. The van der Waals surface area contributed by atoms with Crippen molar-refractivity contribution in [3.8, 4) is 11.5 Å². The first-order valence-electron chi connectivity index (χ1n) is 12.6. The summed E-state index contributed by atoms with van der Waals surface area (Å²) < 4.78 is 11.3. The van der Waals surface area contributed by atoms with E-state index in [4.69, 9.17) is 21.1 Å². The Balaban J connectivity index is 1.52. The quantitative estimate of drug-likeness (QED) is 0.102. The maximum absolute atomic E-state index is 13.6. The van der Waals surface area contributed by atoms with Crippen LogP contribution in [0.3, 0.4) is 0 Å². The first kappa shape index (κ1) is 28.1. The van der Waals surface area contributed by atoms with Crippen molar-refractivity contribution in [3.63, 3.8) is 0 Å². The number of hydrogen-bond acceptors (Lipinski definition) is 7. The molecule has 0 bridgehead atoms. The van der Waals surface area contributed by atoms with E-state index in [1.807, 2.05) is 0 Å². The van der Waals surface area contributed by atoms with Crippen LogP contribution in [0.4, 0.5) is 21.9 Å². The van der Waals surface area contributed by atoms with Crippen molar-refractivity contribution in [2.24, 2.45) is 0 Å². The Morgan fingerprint density at radius 1 is 0.833 bits per heavy atom. The Bertz CT molecular complexity index is 1660. The van der Waals surface area contributed by atoms with Crippen molar-refractivity contribution in [2.75, 3.05) is 16.9 Å². The fourth-order valence-corrected chi connectivity index (χ4v) is 4.66. The lowest BCUT2D eigenvalue weighted by Crippen LogP contribution is -2.57. The first-order chi connectivity index (χ1) is 20.3. The SMILES string of the molecule is COc1cc(C=C2C(=O)N(c3ccccc3)C(=O)N(c3ccccc3)C2=O)cc(Cl)c1OCc1cccc([N+](=O)[O-])c1. The normalized spacial score (nSPS) is 13.3. The van der Waals surface area contributed by atoms with Gasteiger partial charge in [0.05, 0.1) is 28.4 Å². The lowest BCUT2D eigenvalue weighted by molar-refractivity contribution is -0.384. The van der Waals surface area contributed by atoms with Gasteiger partial charge in [0.1, 0.15) is 12.2 Å². The number of ether oxygens (including phenoxy) is 2. The van der Waals surface area contributed by atoms with Crippen molar-refractivity contribution in [1.29, 1.82) is 0 Å². The minimum Gasteiger partial charge on any atom is -0.493 e. The Kier molecular flexibility index (Phi) is 7.98. The highest BCUT2D eigenvalue weighted by atomic mass is 35.5. The summed E-state index contributed by atoms with van der Waals surface area (Å²) in [4.78, 5) is 53.2. The van der Waals surface area contributed by atoms with E-state index >= 15 is 0 Å². The zero-order chi connectivity index (χ0) is 29.8. The molecular weight excluding hydrogens is 562 g/mol. The lowest BCUT2D eigenvalue weighted by Gasteiger charge is -2.34. The molecule has 4 amide bonds. The second-order valence-corrected chi connectivity index (χ2v) is 9.45. The highest BCUT2D eigenvalue weighted by Gasteiger charge is 2.43. The summed E-state index contributed by atoms with van der Waals surface area (Å²) in [5, 5.41) is 11.2. The van der Waals surface area contributed by atoms with Crippen LogP contribution in [0.25, 0.3) is 6.08 Å². The van der Waals surface area contributed by atoms with Crippen LogP contribution in [-0.2, 0) is 16.2 Å². The molecule has 1 heterocycles. The molecule has 0 spiro atoms. The number of benzene rings is 4. The minimum atomic E-state index is -0.806. The molecular formula is C31H22ClN3O7. The van der Waals surface area contributed by atoms with Crippen LogP contribution < -0.4 is 19.3 Å². The highest BCUT2D eigenvalue weighted by Crippen LogP contribution is 2.38. The molecule has 0 unspecified atom stereocenters. The molecule has 0 radical (unpaired) electrons. The van der Waals surface area contributed by atoms with E-state index in [0.717, 1.165) is 9.80 Å². The minimum absolute atomic E-state index is 0.0324. The van der Waals surface area contributed by atoms with E-state index in [1.54, 1.807) is 72.8 Å². The molecule has 42 heavy (non-hydrogen) atoms. The van der Waals surface area contributed by atoms with Gasteiger partial charge in [-0.2, -0.15) is 0 Å². The van der Waals surface area contributed by atoms with Gasteiger partial charge in [-0.15, -0.1) is 0 Å². The van der Waals surface area contributed by atoms with E-state index in [2.05, 4.69) is 0 Å². The number of barbiturate groups is 1. The molecule has 0 saturated carbocycles. The number of para-hydroxylation sites is 2. The Hall–Kier alpha value is -5.48. The number of methoxy groups -OCH3 is 1. The molecule has 1 fully saturated rings. The number of rotatable bonds is 8. The first-order valence-corrected chi connectivity index (χ1v) is 12.9. The van der Waals surface area contributed by atoms with Gasteiger partial charge in [0.25, 0.3) is 17.5 Å². The third-order valence-corrected chi connectivity index (χ3v) is 6.63. The summed E-state index contributed by atoms with van der Waals surface area (Å²) in [5.74, 6) is -1.23. The summed E-state index contributed by atoms with van der Waals surface area (Å²) in [5.41, 5.74) is 1.13. The fraction of sp³-hybridized carbons (Fsp3) is 0.0645. The number of imide groups is 2. The number of carbonyl (C=O) groups is 3. The molecule has 4 aromatic carbocycles. The van der Waals surface area contributed by atoms with Crippen LogP contribution in [0.1, 0.15) is 11.1 Å². The van der Waals surface area contributed by atoms with Crippen LogP contribution in [0.5, 0.6) is 11.5 Å². The number of amides is 4. The van der Waals surface area contributed by atoms with Gasteiger partial charge in [-0.25, -0.2) is 14.6 Å². The standard InChI is InChI=1S/C31H22ClN3O7/c1-41-27-18-21(17-26(32)28(27)42-19-20-9-8-14-24(15-20)35(39)40)16-25-29(36)33(22-10-4-2-5-11-22)31(38)34(30(25)37)23-12-6-3-7-13-23/h2-18H,19H2,1H3. The number of anilines is 2. The molecule has 11 heteroatoms. The summed E-state index contributed by atoms with van der Waals surface area (Å²) in [7, 11) is 1.40. The van der Waals surface area contributed by atoms with E-state index < -0.39 is 22.8 Å². The Morgan fingerprint density at radius 3 is 1.98 bits per heavy atom. The molecule has 0 atom stereocenters. The second-order valence-electron chi connectivity index (χ2n) is 9.04. The van der Waals surface area contributed by atoms with Crippen molar-refractivity contribution in [1.82, 2.24) is 0 Å². The van der Waals surface area contributed by atoms with Crippen molar-refractivity contribution < 1.29 is 28.8 Å². The number of hydrogen-bond donors (Lipinski definition) is 0. The molecule has 0 N–H and O–H groups in total. The number of halogens is 1. The molecule has 1 aliphatic rings. The summed E-state index contributed by atoms with van der Waals surface area (Å²) in [6.07, 6.45) is 1.34. The van der Waals surface area contributed by atoms with Gasteiger partial charge in [0.15, 0.2) is 11.5 Å².